The first-order valence-electron chi connectivity index (χ1n) is 6.97. The van der Waals surface area contributed by atoms with Gasteiger partial charge in [-0.25, -0.2) is 0 Å². The van der Waals surface area contributed by atoms with Gasteiger partial charge in [0.15, 0.2) is 5.96 Å². The number of hydrogen-bond acceptors (Lipinski definition) is 2. The van der Waals surface area contributed by atoms with Crippen LogP contribution in [0, 0.1) is 0 Å². The molecule has 0 heterocycles. The Balaban J connectivity index is 2.31. The molecule has 0 amide bonds. The molecule has 1 fully saturated rings. The van der Waals surface area contributed by atoms with Crippen molar-refractivity contribution in [1.82, 2.24) is 10.2 Å². The maximum atomic E-state index is 5.93. The van der Waals surface area contributed by atoms with Crippen molar-refractivity contribution in [2.24, 2.45) is 10.7 Å². The highest BCUT2D eigenvalue weighted by atomic mass is 15.2. The van der Waals surface area contributed by atoms with Crippen molar-refractivity contribution in [3.8, 4) is 0 Å². The van der Waals surface area contributed by atoms with E-state index in [2.05, 4.69) is 36.0 Å². The van der Waals surface area contributed by atoms with Crippen LogP contribution in [0.25, 0.3) is 0 Å². The van der Waals surface area contributed by atoms with Gasteiger partial charge in [-0.2, -0.15) is 0 Å². The molecule has 0 aromatic rings. The lowest BCUT2D eigenvalue weighted by atomic mass is 10.3. The summed E-state index contributed by atoms with van der Waals surface area (Å²) in [5.41, 5.74) is 5.93. The van der Waals surface area contributed by atoms with E-state index in [0.717, 1.165) is 19.6 Å². The molecule has 1 aliphatic rings. The molecule has 0 saturated heterocycles. The van der Waals surface area contributed by atoms with Crippen LogP contribution >= 0.6 is 0 Å². The van der Waals surface area contributed by atoms with E-state index in [0.29, 0.717) is 18.0 Å². The van der Waals surface area contributed by atoms with Crippen molar-refractivity contribution >= 4 is 5.96 Å². The maximum Gasteiger partial charge on any atom is 0.189 e. The van der Waals surface area contributed by atoms with Gasteiger partial charge in [0.25, 0.3) is 0 Å². The summed E-state index contributed by atoms with van der Waals surface area (Å²) in [6, 6.07) is 0.822. The largest absolute Gasteiger partial charge is 0.370 e. The van der Waals surface area contributed by atoms with E-state index in [1.54, 1.807) is 0 Å². The highest BCUT2D eigenvalue weighted by Gasteiger charge is 2.14. The highest BCUT2D eigenvalue weighted by Crippen LogP contribution is 2.20. The molecule has 0 aromatic heterocycles. The smallest absolute Gasteiger partial charge is 0.189 e. The summed E-state index contributed by atoms with van der Waals surface area (Å²) in [6.45, 7) is 9.73. The monoisotopic (exact) mass is 240 g/mol. The first kappa shape index (κ1) is 14.3. The maximum absolute atomic E-state index is 5.93. The molecular weight excluding hydrogens is 212 g/mol. The molecule has 1 atom stereocenters. The first-order chi connectivity index (χ1) is 8.15. The summed E-state index contributed by atoms with van der Waals surface area (Å²) in [5, 5.41) is 3.29. The minimum atomic E-state index is 0.361. The normalized spacial score (nSPS) is 19.9. The Morgan fingerprint density at radius 3 is 2.47 bits per heavy atom. The Kier molecular flexibility index (Phi) is 6.34. The Morgan fingerprint density at radius 2 is 1.94 bits per heavy atom. The summed E-state index contributed by atoms with van der Waals surface area (Å²) in [4.78, 5) is 6.93. The van der Waals surface area contributed by atoms with Crippen LogP contribution in [0.15, 0.2) is 4.99 Å². The van der Waals surface area contributed by atoms with Crippen LogP contribution in [0.5, 0.6) is 0 Å². The number of nitrogens with two attached hydrogens (primary N) is 1. The minimum absolute atomic E-state index is 0.361. The molecular formula is C13H28N4. The average molecular weight is 240 g/mol. The van der Waals surface area contributed by atoms with Crippen molar-refractivity contribution in [2.75, 3.05) is 19.6 Å². The number of nitrogens with one attached hydrogen (secondary N) is 1. The van der Waals surface area contributed by atoms with Gasteiger partial charge in [0.1, 0.15) is 0 Å². The molecule has 4 nitrogen and oxygen atoms in total. The lowest BCUT2D eigenvalue weighted by molar-refractivity contribution is 0.281. The summed E-state index contributed by atoms with van der Waals surface area (Å²) < 4.78 is 0. The molecule has 4 heteroatoms. The fourth-order valence-electron chi connectivity index (χ4n) is 2.43. The summed E-state index contributed by atoms with van der Waals surface area (Å²) in [7, 11) is 0. The van der Waals surface area contributed by atoms with Gasteiger partial charge in [-0.3, -0.25) is 4.99 Å². The third kappa shape index (κ3) is 5.39. The van der Waals surface area contributed by atoms with Crippen LogP contribution < -0.4 is 11.1 Å². The van der Waals surface area contributed by atoms with Gasteiger partial charge in [-0.05, 0) is 32.9 Å². The Hall–Kier alpha value is -0.770. The van der Waals surface area contributed by atoms with Crippen LogP contribution in [0.4, 0.5) is 0 Å². The molecule has 1 saturated carbocycles. The zero-order valence-corrected chi connectivity index (χ0v) is 11.6. The van der Waals surface area contributed by atoms with E-state index in [-0.39, 0.29) is 0 Å². The molecule has 17 heavy (non-hydrogen) atoms. The SMILES string of the molecule is CCN(CC)CC(C)NC(N)=NC1CCCC1. The number of nitrogens with zero attached hydrogens (tertiary/aromatic N) is 2. The molecule has 100 valence electrons. The third-order valence-corrected chi connectivity index (χ3v) is 3.47. The van der Waals surface area contributed by atoms with Crippen molar-refractivity contribution in [1.29, 1.82) is 0 Å². The van der Waals surface area contributed by atoms with Crippen molar-refractivity contribution < 1.29 is 0 Å². The van der Waals surface area contributed by atoms with E-state index in [4.69, 9.17) is 5.73 Å². The number of aliphatic imine (C=N–C) groups is 1. The fourth-order valence-corrected chi connectivity index (χ4v) is 2.43. The lowest BCUT2D eigenvalue weighted by Gasteiger charge is -2.23. The van der Waals surface area contributed by atoms with Crippen molar-refractivity contribution in [3.63, 3.8) is 0 Å². The predicted octanol–water partition coefficient (Wildman–Crippen LogP) is 1.56. The number of rotatable bonds is 6. The standard InChI is InChI=1S/C13H28N4/c1-4-17(5-2)10-11(3)15-13(14)16-12-8-6-7-9-12/h11-12H,4-10H2,1-3H3,(H3,14,15,16). The molecule has 0 radical (unpaired) electrons. The zero-order chi connectivity index (χ0) is 12.7. The third-order valence-electron chi connectivity index (χ3n) is 3.47. The number of hydrogen-bond donors (Lipinski definition) is 2. The minimum Gasteiger partial charge on any atom is -0.370 e. The van der Waals surface area contributed by atoms with Crippen LogP contribution in [0.1, 0.15) is 46.5 Å². The van der Waals surface area contributed by atoms with Gasteiger partial charge in [0, 0.05) is 12.6 Å². The van der Waals surface area contributed by atoms with Gasteiger partial charge in [0.05, 0.1) is 6.04 Å². The quantitative estimate of drug-likeness (QED) is 0.547. The number of guanidine groups is 1. The molecule has 1 aliphatic carbocycles. The Labute approximate surface area is 106 Å². The second-order valence-electron chi connectivity index (χ2n) is 4.98. The average Bonchev–Trinajstić information content (AvgIpc) is 2.78. The molecule has 1 unspecified atom stereocenters. The second-order valence-corrected chi connectivity index (χ2v) is 4.98. The summed E-state index contributed by atoms with van der Waals surface area (Å²) >= 11 is 0. The van der Waals surface area contributed by atoms with Crippen LogP contribution in [-0.4, -0.2) is 42.6 Å². The van der Waals surface area contributed by atoms with Gasteiger partial charge < -0.3 is 16.0 Å². The molecule has 0 spiro atoms. The molecule has 3 N–H and O–H groups in total. The molecule has 0 bridgehead atoms. The van der Waals surface area contributed by atoms with Gasteiger partial charge in [0.2, 0.25) is 0 Å². The molecule has 1 rings (SSSR count). The van der Waals surface area contributed by atoms with E-state index < -0.39 is 0 Å². The van der Waals surface area contributed by atoms with Crippen LogP contribution in [0.3, 0.4) is 0 Å². The second kappa shape index (κ2) is 7.54. The lowest BCUT2D eigenvalue weighted by Crippen LogP contribution is -2.45. The first-order valence-corrected chi connectivity index (χ1v) is 6.97. The van der Waals surface area contributed by atoms with E-state index >= 15 is 0 Å². The van der Waals surface area contributed by atoms with Gasteiger partial charge >= 0.3 is 0 Å². The predicted molar refractivity (Wildman–Crippen MR) is 74.3 cm³/mol. The molecule has 0 aliphatic heterocycles. The molecule has 0 aromatic carbocycles. The van der Waals surface area contributed by atoms with E-state index in [9.17, 15) is 0 Å². The van der Waals surface area contributed by atoms with Crippen molar-refractivity contribution in [2.45, 2.75) is 58.5 Å². The summed E-state index contributed by atoms with van der Waals surface area (Å²) in [6.07, 6.45) is 5.01. The number of likely N-dealkylation sites (N-methyl/N-ethyl adjacent to an activating group) is 1. The van der Waals surface area contributed by atoms with Crippen LogP contribution in [-0.2, 0) is 0 Å². The van der Waals surface area contributed by atoms with E-state index in [1.807, 2.05) is 0 Å². The van der Waals surface area contributed by atoms with Crippen LogP contribution in [0.2, 0.25) is 0 Å². The fraction of sp³-hybridized carbons (Fsp3) is 0.923. The van der Waals surface area contributed by atoms with Gasteiger partial charge in [-0.1, -0.05) is 26.7 Å². The Morgan fingerprint density at radius 1 is 1.35 bits per heavy atom. The van der Waals surface area contributed by atoms with Gasteiger partial charge in [-0.15, -0.1) is 0 Å². The topological polar surface area (TPSA) is 53.6 Å². The summed E-state index contributed by atoms with van der Waals surface area (Å²) in [5.74, 6) is 0.622. The zero-order valence-electron chi connectivity index (χ0n) is 11.6. The van der Waals surface area contributed by atoms with Crippen molar-refractivity contribution in [3.05, 3.63) is 0 Å². The van der Waals surface area contributed by atoms with E-state index in [1.165, 1.54) is 25.7 Å². The highest BCUT2D eigenvalue weighted by molar-refractivity contribution is 5.78. The Bertz CT molecular complexity index is 230.